The second kappa shape index (κ2) is 6.09. The van der Waals surface area contributed by atoms with Gasteiger partial charge >= 0.3 is 0 Å². The summed E-state index contributed by atoms with van der Waals surface area (Å²) in [6.45, 7) is 1.74. The third-order valence-corrected chi connectivity index (χ3v) is 3.12. The molecule has 0 saturated heterocycles. The zero-order valence-electron chi connectivity index (χ0n) is 9.51. The molecule has 0 spiro atoms. The highest BCUT2D eigenvalue weighted by molar-refractivity contribution is 7.85. The van der Waals surface area contributed by atoms with Crippen molar-refractivity contribution in [3.05, 3.63) is 35.9 Å². The predicted octanol–water partition coefficient (Wildman–Crippen LogP) is 1.56. The maximum absolute atomic E-state index is 13.2. The van der Waals surface area contributed by atoms with E-state index in [1.165, 1.54) is 0 Å². The lowest BCUT2D eigenvalue weighted by molar-refractivity contribution is 0.327. The van der Waals surface area contributed by atoms with Crippen molar-refractivity contribution in [3.8, 4) is 0 Å². The topological polar surface area (TPSA) is 66.4 Å². The van der Waals surface area contributed by atoms with E-state index in [4.69, 9.17) is 4.55 Å². The van der Waals surface area contributed by atoms with Crippen LogP contribution in [0.5, 0.6) is 0 Å². The van der Waals surface area contributed by atoms with E-state index in [1.807, 2.05) is 37.3 Å². The van der Waals surface area contributed by atoms with Crippen molar-refractivity contribution in [2.24, 2.45) is 0 Å². The van der Waals surface area contributed by atoms with Gasteiger partial charge in [0.15, 0.2) is 0 Å². The fourth-order valence-electron chi connectivity index (χ4n) is 1.45. The van der Waals surface area contributed by atoms with Crippen LogP contribution in [-0.2, 0) is 10.1 Å². The molecule has 1 aromatic carbocycles. The van der Waals surface area contributed by atoms with Crippen LogP contribution in [0.1, 0.15) is 18.5 Å². The van der Waals surface area contributed by atoms with Gasteiger partial charge in [0.1, 0.15) is 11.9 Å². The Labute approximate surface area is 101 Å². The van der Waals surface area contributed by atoms with Crippen LogP contribution in [-0.4, -0.2) is 31.4 Å². The number of nitrogens with one attached hydrogen (secondary N) is 1. The molecule has 2 N–H and O–H groups in total. The van der Waals surface area contributed by atoms with Gasteiger partial charge in [0, 0.05) is 12.6 Å². The van der Waals surface area contributed by atoms with Crippen LogP contribution < -0.4 is 5.32 Å². The summed E-state index contributed by atoms with van der Waals surface area (Å²) in [5.74, 6) is -0.874. The second-order valence-electron chi connectivity index (χ2n) is 3.89. The molecule has 17 heavy (non-hydrogen) atoms. The molecule has 0 fully saturated rings. The number of alkyl halides is 1. The van der Waals surface area contributed by atoms with E-state index >= 15 is 0 Å². The molecular weight excluding hydrogens is 245 g/mol. The summed E-state index contributed by atoms with van der Waals surface area (Å²) < 4.78 is 42.5. The Morgan fingerprint density at radius 2 is 1.94 bits per heavy atom. The lowest BCUT2D eigenvalue weighted by atomic mass is 10.1. The zero-order valence-corrected chi connectivity index (χ0v) is 10.3. The third-order valence-electron chi connectivity index (χ3n) is 2.34. The Kier molecular flexibility index (Phi) is 5.04. The number of benzene rings is 1. The molecule has 0 aromatic heterocycles. The Hall–Kier alpha value is -0.980. The molecule has 1 rings (SSSR count). The molecule has 2 atom stereocenters. The van der Waals surface area contributed by atoms with Crippen molar-refractivity contribution in [1.29, 1.82) is 0 Å². The molecule has 6 heteroatoms. The Bertz CT molecular complexity index is 435. The monoisotopic (exact) mass is 261 g/mol. The minimum absolute atomic E-state index is 0.0733. The van der Waals surface area contributed by atoms with Gasteiger partial charge in [0.25, 0.3) is 10.1 Å². The smallest absolute Gasteiger partial charge is 0.267 e. The van der Waals surface area contributed by atoms with Crippen LogP contribution in [0.2, 0.25) is 0 Å². The van der Waals surface area contributed by atoms with E-state index in [0.29, 0.717) is 0 Å². The van der Waals surface area contributed by atoms with E-state index in [2.05, 4.69) is 5.32 Å². The van der Waals surface area contributed by atoms with Crippen molar-refractivity contribution in [1.82, 2.24) is 5.32 Å². The van der Waals surface area contributed by atoms with Crippen LogP contribution in [0.3, 0.4) is 0 Å². The van der Waals surface area contributed by atoms with Crippen LogP contribution in [0.25, 0.3) is 0 Å². The average molecular weight is 261 g/mol. The molecule has 0 aliphatic carbocycles. The van der Waals surface area contributed by atoms with Gasteiger partial charge in [-0.1, -0.05) is 30.3 Å². The normalized spacial score (nSPS) is 15.5. The van der Waals surface area contributed by atoms with Gasteiger partial charge in [-0.15, -0.1) is 0 Å². The molecule has 0 aliphatic heterocycles. The standard InChI is InChI=1S/C11H16FNO3S/c1-9(10-5-3-2-4-6-10)13-7-11(12)8-17(14,15)16/h2-6,9,11,13H,7-8H2,1H3,(H,14,15,16)/t9-,11-/m0/s1. The van der Waals surface area contributed by atoms with Gasteiger partial charge in [-0.25, -0.2) is 4.39 Å². The quantitative estimate of drug-likeness (QED) is 0.763. The van der Waals surface area contributed by atoms with Crippen molar-refractivity contribution in [2.45, 2.75) is 19.1 Å². The van der Waals surface area contributed by atoms with Gasteiger partial charge in [-0.05, 0) is 12.5 Å². The summed E-state index contributed by atoms with van der Waals surface area (Å²) in [5.41, 5.74) is 0.992. The number of hydrogen-bond donors (Lipinski definition) is 2. The van der Waals surface area contributed by atoms with Gasteiger partial charge in [-0.3, -0.25) is 4.55 Å². The lowest BCUT2D eigenvalue weighted by Gasteiger charge is -2.15. The molecule has 0 bridgehead atoms. The summed E-state index contributed by atoms with van der Waals surface area (Å²) in [5, 5.41) is 2.87. The molecule has 0 saturated carbocycles. The maximum Gasteiger partial charge on any atom is 0.267 e. The fraction of sp³-hybridized carbons (Fsp3) is 0.455. The van der Waals surface area contributed by atoms with Gasteiger partial charge in [0.2, 0.25) is 0 Å². The predicted molar refractivity (Wildman–Crippen MR) is 64.2 cm³/mol. The van der Waals surface area contributed by atoms with Crippen molar-refractivity contribution in [2.75, 3.05) is 12.3 Å². The molecule has 0 heterocycles. The number of halogens is 1. The second-order valence-corrected chi connectivity index (χ2v) is 5.38. The number of rotatable bonds is 6. The number of hydrogen-bond acceptors (Lipinski definition) is 3. The summed E-state index contributed by atoms with van der Waals surface area (Å²) in [6.07, 6.45) is -1.61. The minimum atomic E-state index is -4.25. The van der Waals surface area contributed by atoms with Gasteiger partial charge in [0.05, 0.1) is 0 Å². The molecular formula is C11H16FNO3S. The van der Waals surface area contributed by atoms with Crippen LogP contribution in [0.4, 0.5) is 4.39 Å². The summed E-state index contributed by atoms with van der Waals surface area (Å²) in [4.78, 5) is 0. The summed E-state index contributed by atoms with van der Waals surface area (Å²) >= 11 is 0. The minimum Gasteiger partial charge on any atom is -0.307 e. The van der Waals surface area contributed by atoms with Crippen LogP contribution in [0.15, 0.2) is 30.3 Å². The van der Waals surface area contributed by atoms with Gasteiger partial charge in [-0.2, -0.15) is 8.42 Å². The first-order chi connectivity index (χ1) is 7.88. The molecule has 96 valence electrons. The largest absolute Gasteiger partial charge is 0.307 e. The maximum atomic E-state index is 13.2. The van der Waals surface area contributed by atoms with E-state index in [9.17, 15) is 12.8 Å². The highest BCUT2D eigenvalue weighted by Crippen LogP contribution is 2.11. The van der Waals surface area contributed by atoms with E-state index in [-0.39, 0.29) is 12.6 Å². The third kappa shape index (κ3) is 5.76. The van der Waals surface area contributed by atoms with E-state index < -0.39 is 22.0 Å². The fourth-order valence-corrected chi connectivity index (χ4v) is 2.03. The average Bonchev–Trinajstić information content (AvgIpc) is 2.25. The Morgan fingerprint density at radius 1 is 1.35 bits per heavy atom. The molecule has 0 amide bonds. The van der Waals surface area contributed by atoms with Gasteiger partial charge < -0.3 is 5.32 Å². The van der Waals surface area contributed by atoms with Crippen molar-refractivity contribution < 1.29 is 17.4 Å². The molecule has 0 aliphatic rings. The molecule has 0 unspecified atom stereocenters. The highest BCUT2D eigenvalue weighted by atomic mass is 32.2. The van der Waals surface area contributed by atoms with Crippen LogP contribution >= 0.6 is 0 Å². The highest BCUT2D eigenvalue weighted by Gasteiger charge is 2.16. The summed E-state index contributed by atoms with van der Waals surface area (Å²) in [6, 6.07) is 9.35. The first kappa shape index (κ1) is 14.1. The SMILES string of the molecule is C[C@H](NC[C@H](F)CS(=O)(=O)O)c1ccccc1. The molecule has 0 radical (unpaired) electrons. The van der Waals surface area contributed by atoms with Crippen molar-refractivity contribution in [3.63, 3.8) is 0 Å². The van der Waals surface area contributed by atoms with Crippen molar-refractivity contribution >= 4 is 10.1 Å². The Balaban J connectivity index is 2.41. The molecule has 4 nitrogen and oxygen atoms in total. The lowest BCUT2D eigenvalue weighted by Crippen LogP contribution is -2.31. The van der Waals surface area contributed by atoms with E-state index in [1.54, 1.807) is 0 Å². The van der Waals surface area contributed by atoms with E-state index in [0.717, 1.165) is 5.56 Å². The first-order valence-electron chi connectivity index (χ1n) is 5.26. The zero-order chi connectivity index (χ0) is 12.9. The first-order valence-corrected chi connectivity index (χ1v) is 6.87. The van der Waals surface area contributed by atoms with Crippen LogP contribution in [0, 0.1) is 0 Å². The summed E-state index contributed by atoms with van der Waals surface area (Å²) in [7, 11) is -4.25. The molecule has 1 aromatic rings. The Morgan fingerprint density at radius 3 is 2.47 bits per heavy atom.